The smallest absolute Gasteiger partial charge is 0.251 e. The van der Waals surface area contributed by atoms with E-state index in [1.165, 1.54) is 57.8 Å². The molecule has 35 heavy (non-hydrogen) atoms. The van der Waals surface area contributed by atoms with Crippen molar-refractivity contribution in [3.05, 3.63) is 42.0 Å². The lowest BCUT2D eigenvalue weighted by molar-refractivity contribution is -0.0333. The standard InChI is InChI=1S/C29H49NO5/c1-4-5-6-7-8-9-10-11-12-13-14-15-17-28(31)25(2)30-29(32)26-18-20-27(21-19-26)35-23-16-22-34-24-33-3/h15,17-21,25,28,31H,4-14,16,22-24H2,1-3H3,(H,30,32)/b17-15+/t25-,28-/m1/s1. The third-order valence-corrected chi connectivity index (χ3v) is 5.95. The fourth-order valence-electron chi connectivity index (χ4n) is 3.72. The molecule has 0 aliphatic rings. The maximum Gasteiger partial charge on any atom is 0.251 e. The van der Waals surface area contributed by atoms with Gasteiger partial charge < -0.3 is 24.6 Å². The van der Waals surface area contributed by atoms with Crippen LogP contribution in [0.3, 0.4) is 0 Å². The molecule has 0 radical (unpaired) electrons. The van der Waals surface area contributed by atoms with Gasteiger partial charge >= 0.3 is 0 Å². The minimum atomic E-state index is -0.704. The van der Waals surface area contributed by atoms with Crippen LogP contribution in [-0.4, -0.2) is 50.3 Å². The Bertz CT molecular complexity index is 662. The Morgan fingerprint density at radius 1 is 0.943 bits per heavy atom. The molecule has 6 heteroatoms. The number of aliphatic hydroxyl groups is 1. The largest absolute Gasteiger partial charge is 0.494 e. The molecule has 2 atom stereocenters. The van der Waals surface area contributed by atoms with Crippen LogP contribution in [0.15, 0.2) is 36.4 Å². The van der Waals surface area contributed by atoms with Gasteiger partial charge in [0, 0.05) is 19.1 Å². The molecule has 200 valence electrons. The first-order valence-corrected chi connectivity index (χ1v) is 13.5. The zero-order chi connectivity index (χ0) is 25.6. The van der Waals surface area contributed by atoms with Crippen molar-refractivity contribution < 1.29 is 24.1 Å². The number of rotatable bonds is 22. The highest BCUT2D eigenvalue weighted by Crippen LogP contribution is 2.14. The van der Waals surface area contributed by atoms with Crippen LogP contribution < -0.4 is 10.1 Å². The molecule has 0 spiro atoms. The van der Waals surface area contributed by atoms with E-state index < -0.39 is 6.10 Å². The molecule has 0 heterocycles. The Labute approximate surface area is 213 Å². The van der Waals surface area contributed by atoms with Gasteiger partial charge in [0.15, 0.2) is 0 Å². The molecule has 6 nitrogen and oxygen atoms in total. The van der Waals surface area contributed by atoms with Gasteiger partial charge in [-0.2, -0.15) is 0 Å². The molecule has 1 aromatic rings. The number of ether oxygens (including phenoxy) is 3. The third kappa shape index (κ3) is 16.4. The number of carbonyl (C=O) groups excluding carboxylic acids is 1. The van der Waals surface area contributed by atoms with Crippen LogP contribution in [0.4, 0.5) is 0 Å². The van der Waals surface area contributed by atoms with Gasteiger partial charge in [-0.1, -0.05) is 76.9 Å². The number of hydrogen-bond acceptors (Lipinski definition) is 5. The Morgan fingerprint density at radius 2 is 1.57 bits per heavy atom. The van der Waals surface area contributed by atoms with Crippen LogP contribution in [0.25, 0.3) is 0 Å². The minimum absolute atomic E-state index is 0.209. The van der Waals surface area contributed by atoms with Crippen LogP contribution in [0.2, 0.25) is 0 Å². The van der Waals surface area contributed by atoms with E-state index in [0.29, 0.717) is 24.5 Å². The molecule has 0 bridgehead atoms. The Hall–Kier alpha value is -1.89. The van der Waals surface area contributed by atoms with E-state index in [4.69, 9.17) is 14.2 Å². The van der Waals surface area contributed by atoms with Crippen molar-refractivity contribution in [3.63, 3.8) is 0 Å². The summed E-state index contributed by atoms with van der Waals surface area (Å²) in [6.07, 6.45) is 18.0. The van der Waals surface area contributed by atoms with Gasteiger partial charge in [0.2, 0.25) is 0 Å². The second kappa shape index (κ2) is 21.4. The normalized spacial score (nSPS) is 13.1. The van der Waals surface area contributed by atoms with E-state index in [1.54, 1.807) is 37.5 Å². The Balaban J connectivity index is 2.16. The second-order valence-corrected chi connectivity index (χ2v) is 9.19. The fraction of sp³-hybridized carbons (Fsp3) is 0.690. The summed E-state index contributed by atoms with van der Waals surface area (Å²) in [5.74, 6) is 0.496. The molecule has 0 aromatic heterocycles. The first kappa shape index (κ1) is 31.1. The SMILES string of the molecule is CCCCCCCCCCCC/C=C/[C@@H](O)[C@@H](C)NC(=O)c1ccc(OCCCOCOC)cc1. The van der Waals surface area contributed by atoms with Crippen LogP contribution in [0.5, 0.6) is 5.75 Å². The van der Waals surface area contributed by atoms with Crippen molar-refractivity contribution in [2.75, 3.05) is 27.1 Å². The maximum absolute atomic E-state index is 12.5. The van der Waals surface area contributed by atoms with Gasteiger partial charge in [-0.15, -0.1) is 0 Å². The van der Waals surface area contributed by atoms with Crippen LogP contribution in [0, 0.1) is 0 Å². The molecule has 2 N–H and O–H groups in total. The lowest BCUT2D eigenvalue weighted by Gasteiger charge is -2.17. The predicted molar refractivity (Wildman–Crippen MR) is 143 cm³/mol. The van der Waals surface area contributed by atoms with Crippen LogP contribution in [0.1, 0.15) is 101 Å². The van der Waals surface area contributed by atoms with Gasteiger partial charge in [-0.3, -0.25) is 4.79 Å². The van der Waals surface area contributed by atoms with Gasteiger partial charge in [-0.05, 0) is 44.0 Å². The molecule has 1 amide bonds. The first-order chi connectivity index (χ1) is 17.1. The first-order valence-electron chi connectivity index (χ1n) is 13.5. The third-order valence-electron chi connectivity index (χ3n) is 5.95. The van der Waals surface area contributed by atoms with E-state index >= 15 is 0 Å². The number of unbranched alkanes of at least 4 members (excludes halogenated alkanes) is 10. The summed E-state index contributed by atoms with van der Waals surface area (Å²) in [4.78, 5) is 12.5. The molecule has 0 unspecified atom stereocenters. The summed E-state index contributed by atoms with van der Waals surface area (Å²) < 4.78 is 15.7. The van der Waals surface area contributed by atoms with E-state index in [9.17, 15) is 9.90 Å². The second-order valence-electron chi connectivity index (χ2n) is 9.19. The molecule has 1 rings (SSSR count). The number of carbonyl (C=O) groups is 1. The average molecular weight is 492 g/mol. The predicted octanol–water partition coefficient (Wildman–Crippen LogP) is 6.42. The van der Waals surface area contributed by atoms with Crippen LogP contribution in [-0.2, 0) is 9.47 Å². The summed E-state index contributed by atoms with van der Waals surface area (Å²) in [7, 11) is 1.59. The van der Waals surface area contributed by atoms with Crippen molar-refractivity contribution in [1.29, 1.82) is 0 Å². The molecule has 0 saturated heterocycles. The number of hydrogen-bond donors (Lipinski definition) is 2. The molecule has 0 aliphatic heterocycles. The van der Waals surface area contributed by atoms with Crippen molar-refractivity contribution in [2.24, 2.45) is 0 Å². The zero-order valence-electron chi connectivity index (χ0n) is 22.3. The summed E-state index contributed by atoms with van der Waals surface area (Å²) in [5, 5.41) is 13.2. The van der Waals surface area contributed by atoms with Crippen molar-refractivity contribution in [2.45, 2.75) is 103 Å². The maximum atomic E-state index is 12.5. The molecular weight excluding hydrogens is 442 g/mol. The fourth-order valence-corrected chi connectivity index (χ4v) is 3.72. The highest BCUT2D eigenvalue weighted by Gasteiger charge is 2.15. The summed E-state index contributed by atoms with van der Waals surface area (Å²) in [6, 6.07) is 6.64. The monoisotopic (exact) mass is 491 g/mol. The van der Waals surface area contributed by atoms with E-state index in [-0.39, 0.29) is 18.7 Å². The number of methoxy groups -OCH3 is 1. The van der Waals surface area contributed by atoms with Crippen molar-refractivity contribution in [3.8, 4) is 5.75 Å². The molecule has 0 aliphatic carbocycles. The number of nitrogens with one attached hydrogen (secondary N) is 1. The summed E-state index contributed by atoms with van der Waals surface area (Å²) in [6.45, 7) is 5.46. The number of allylic oxidation sites excluding steroid dienone is 1. The van der Waals surface area contributed by atoms with Gasteiger partial charge in [-0.25, -0.2) is 0 Å². The topological polar surface area (TPSA) is 77.0 Å². The summed E-state index contributed by atoms with van der Waals surface area (Å²) >= 11 is 0. The summed E-state index contributed by atoms with van der Waals surface area (Å²) in [5.41, 5.74) is 0.536. The molecule has 1 aromatic carbocycles. The average Bonchev–Trinajstić information content (AvgIpc) is 2.87. The molecule has 0 fully saturated rings. The van der Waals surface area contributed by atoms with Gasteiger partial charge in [0.05, 0.1) is 25.4 Å². The van der Waals surface area contributed by atoms with Crippen molar-refractivity contribution in [1.82, 2.24) is 5.32 Å². The lowest BCUT2D eigenvalue weighted by atomic mass is 10.1. The number of aliphatic hydroxyl groups excluding tert-OH is 1. The zero-order valence-corrected chi connectivity index (χ0v) is 22.3. The lowest BCUT2D eigenvalue weighted by Crippen LogP contribution is -2.40. The Kier molecular flexibility index (Phi) is 19.0. The highest BCUT2D eigenvalue weighted by atomic mass is 16.7. The molecule has 0 saturated carbocycles. The minimum Gasteiger partial charge on any atom is -0.494 e. The van der Waals surface area contributed by atoms with Crippen molar-refractivity contribution >= 4 is 5.91 Å². The number of amides is 1. The quantitative estimate of drug-likeness (QED) is 0.111. The van der Waals surface area contributed by atoms with Gasteiger partial charge in [0.1, 0.15) is 12.5 Å². The van der Waals surface area contributed by atoms with E-state index in [1.807, 2.05) is 13.0 Å². The van der Waals surface area contributed by atoms with Gasteiger partial charge in [0.25, 0.3) is 5.91 Å². The highest BCUT2D eigenvalue weighted by molar-refractivity contribution is 5.94. The Morgan fingerprint density at radius 3 is 2.20 bits per heavy atom. The van der Waals surface area contributed by atoms with E-state index in [0.717, 1.165) is 19.3 Å². The van der Waals surface area contributed by atoms with Crippen LogP contribution >= 0.6 is 0 Å². The van der Waals surface area contributed by atoms with E-state index in [2.05, 4.69) is 12.2 Å². The molecular formula is C29H49NO5. The number of benzene rings is 1.